The van der Waals surface area contributed by atoms with E-state index in [1.165, 1.54) is 10.5 Å². The molecule has 0 aliphatic carbocycles. The molecule has 2 heterocycles. The molecule has 1 saturated heterocycles. The molecule has 21 heavy (non-hydrogen) atoms. The molecule has 1 aromatic carbocycles. The van der Waals surface area contributed by atoms with E-state index in [2.05, 4.69) is 23.2 Å². The summed E-state index contributed by atoms with van der Waals surface area (Å²) in [6.45, 7) is 1.18. The van der Waals surface area contributed by atoms with Crippen LogP contribution < -0.4 is 0 Å². The number of hydrogen-bond acceptors (Lipinski definition) is 2. The summed E-state index contributed by atoms with van der Waals surface area (Å²) in [5.41, 5.74) is 3.42. The SMILES string of the molecule is O=C(O)N1CCC(c2ncccc2-c2ccccc2)CC1. The fourth-order valence-corrected chi connectivity index (χ4v) is 2.95. The Hall–Kier alpha value is -2.36. The summed E-state index contributed by atoms with van der Waals surface area (Å²) in [5.74, 6) is 0.331. The lowest BCUT2D eigenvalue weighted by molar-refractivity contribution is 0.132. The van der Waals surface area contributed by atoms with Gasteiger partial charge in [-0.15, -0.1) is 0 Å². The lowest BCUT2D eigenvalue weighted by Gasteiger charge is -2.30. The van der Waals surface area contributed by atoms with Crippen LogP contribution in [0.2, 0.25) is 0 Å². The highest BCUT2D eigenvalue weighted by Crippen LogP contribution is 2.33. The van der Waals surface area contributed by atoms with Crippen LogP contribution in [0.4, 0.5) is 4.79 Å². The Morgan fingerprint density at radius 1 is 1.10 bits per heavy atom. The molecule has 0 unspecified atom stereocenters. The van der Waals surface area contributed by atoms with Crippen LogP contribution in [0.25, 0.3) is 11.1 Å². The van der Waals surface area contributed by atoms with E-state index in [9.17, 15) is 4.79 Å². The second kappa shape index (κ2) is 5.95. The topological polar surface area (TPSA) is 53.4 Å². The highest BCUT2D eigenvalue weighted by molar-refractivity contribution is 5.67. The molecular weight excluding hydrogens is 264 g/mol. The highest BCUT2D eigenvalue weighted by Gasteiger charge is 2.25. The first-order valence-corrected chi connectivity index (χ1v) is 7.24. The van der Waals surface area contributed by atoms with Gasteiger partial charge in [-0.1, -0.05) is 36.4 Å². The second-order valence-electron chi connectivity index (χ2n) is 5.35. The molecule has 0 radical (unpaired) electrons. The average molecular weight is 282 g/mol. The van der Waals surface area contributed by atoms with E-state index in [0.717, 1.165) is 24.1 Å². The van der Waals surface area contributed by atoms with Crippen LogP contribution in [0.3, 0.4) is 0 Å². The first-order valence-electron chi connectivity index (χ1n) is 7.24. The summed E-state index contributed by atoms with van der Waals surface area (Å²) in [5, 5.41) is 9.04. The Labute approximate surface area is 124 Å². The summed E-state index contributed by atoms with van der Waals surface area (Å²) in [6.07, 6.45) is 2.68. The molecule has 1 aliphatic heterocycles. The summed E-state index contributed by atoms with van der Waals surface area (Å²) in [4.78, 5) is 17.1. The van der Waals surface area contributed by atoms with Crippen LogP contribution in [0.1, 0.15) is 24.5 Å². The van der Waals surface area contributed by atoms with Crippen LogP contribution >= 0.6 is 0 Å². The first-order chi connectivity index (χ1) is 10.3. The lowest BCUT2D eigenvalue weighted by atomic mass is 9.88. The van der Waals surface area contributed by atoms with Crippen molar-refractivity contribution in [3.8, 4) is 11.1 Å². The van der Waals surface area contributed by atoms with Gasteiger partial charge in [0.1, 0.15) is 0 Å². The lowest BCUT2D eigenvalue weighted by Crippen LogP contribution is -2.37. The molecule has 1 amide bonds. The summed E-state index contributed by atoms with van der Waals surface area (Å²) >= 11 is 0. The molecule has 0 saturated carbocycles. The normalized spacial score (nSPS) is 15.9. The number of amides is 1. The van der Waals surface area contributed by atoms with Gasteiger partial charge in [-0.05, 0) is 24.5 Å². The van der Waals surface area contributed by atoms with Crippen molar-refractivity contribution in [3.05, 3.63) is 54.4 Å². The maximum absolute atomic E-state index is 11.0. The van der Waals surface area contributed by atoms with Crippen molar-refractivity contribution in [2.45, 2.75) is 18.8 Å². The van der Waals surface area contributed by atoms with Gasteiger partial charge >= 0.3 is 6.09 Å². The molecule has 108 valence electrons. The molecule has 2 aromatic rings. The standard InChI is InChI=1S/C17H18N2O2/c20-17(21)19-11-8-14(9-12-19)16-15(7-4-10-18-16)13-5-2-1-3-6-13/h1-7,10,14H,8-9,11-12H2,(H,20,21). The van der Waals surface area contributed by atoms with Gasteiger partial charge < -0.3 is 10.0 Å². The van der Waals surface area contributed by atoms with Gasteiger partial charge in [0.25, 0.3) is 0 Å². The number of likely N-dealkylation sites (tertiary alicyclic amines) is 1. The van der Waals surface area contributed by atoms with Gasteiger partial charge in [0.15, 0.2) is 0 Å². The van der Waals surface area contributed by atoms with Gasteiger partial charge in [-0.3, -0.25) is 4.98 Å². The minimum Gasteiger partial charge on any atom is -0.465 e. The zero-order chi connectivity index (χ0) is 14.7. The monoisotopic (exact) mass is 282 g/mol. The third kappa shape index (κ3) is 2.89. The van der Waals surface area contributed by atoms with Crippen LogP contribution in [-0.4, -0.2) is 34.2 Å². The molecule has 4 heteroatoms. The van der Waals surface area contributed by atoms with Crippen molar-refractivity contribution in [3.63, 3.8) is 0 Å². The zero-order valence-corrected chi connectivity index (χ0v) is 11.8. The molecule has 0 atom stereocenters. The van der Waals surface area contributed by atoms with E-state index in [0.29, 0.717) is 19.0 Å². The van der Waals surface area contributed by atoms with Gasteiger partial charge in [0.2, 0.25) is 0 Å². The van der Waals surface area contributed by atoms with Crippen molar-refractivity contribution in [2.75, 3.05) is 13.1 Å². The molecule has 0 spiro atoms. The summed E-state index contributed by atoms with van der Waals surface area (Å²) in [6, 6.07) is 14.3. The smallest absolute Gasteiger partial charge is 0.407 e. The van der Waals surface area contributed by atoms with Crippen LogP contribution in [0.5, 0.6) is 0 Å². The molecular formula is C17H18N2O2. The fraction of sp³-hybridized carbons (Fsp3) is 0.294. The number of pyridine rings is 1. The molecule has 1 N–H and O–H groups in total. The van der Waals surface area contributed by atoms with E-state index in [4.69, 9.17) is 5.11 Å². The van der Waals surface area contributed by atoms with E-state index in [-0.39, 0.29) is 0 Å². The number of carboxylic acid groups (broad SMARTS) is 1. The fourth-order valence-electron chi connectivity index (χ4n) is 2.95. The van der Waals surface area contributed by atoms with Gasteiger partial charge in [-0.25, -0.2) is 4.79 Å². The van der Waals surface area contributed by atoms with Crippen molar-refractivity contribution in [1.29, 1.82) is 0 Å². The predicted octanol–water partition coefficient (Wildman–Crippen LogP) is 3.61. The number of nitrogens with zero attached hydrogens (tertiary/aromatic N) is 2. The molecule has 1 fully saturated rings. The molecule has 3 rings (SSSR count). The Bertz CT molecular complexity index is 620. The van der Waals surface area contributed by atoms with Crippen molar-refractivity contribution < 1.29 is 9.90 Å². The minimum absolute atomic E-state index is 0.331. The molecule has 1 aromatic heterocycles. The minimum atomic E-state index is -0.822. The van der Waals surface area contributed by atoms with E-state index >= 15 is 0 Å². The van der Waals surface area contributed by atoms with Crippen LogP contribution in [0, 0.1) is 0 Å². The van der Waals surface area contributed by atoms with E-state index in [1.807, 2.05) is 30.5 Å². The number of carbonyl (C=O) groups is 1. The zero-order valence-electron chi connectivity index (χ0n) is 11.8. The van der Waals surface area contributed by atoms with Crippen LogP contribution in [0.15, 0.2) is 48.7 Å². The van der Waals surface area contributed by atoms with Crippen molar-refractivity contribution in [2.24, 2.45) is 0 Å². The maximum Gasteiger partial charge on any atom is 0.407 e. The van der Waals surface area contributed by atoms with Crippen molar-refractivity contribution >= 4 is 6.09 Å². The Morgan fingerprint density at radius 3 is 2.48 bits per heavy atom. The maximum atomic E-state index is 11.0. The number of aromatic nitrogens is 1. The number of rotatable bonds is 2. The quantitative estimate of drug-likeness (QED) is 0.915. The van der Waals surface area contributed by atoms with E-state index in [1.54, 1.807) is 0 Å². The summed E-state index contributed by atoms with van der Waals surface area (Å²) < 4.78 is 0. The number of benzene rings is 1. The van der Waals surface area contributed by atoms with E-state index < -0.39 is 6.09 Å². The number of piperidine rings is 1. The number of hydrogen-bond donors (Lipinski definition) is 1. The Morgan fingerprint density at radius 2 is 1.81 bits per heavy atom. The van der Waals surface area contributed by atoms with Gasteiger partial charge in [0.05, 0.1) is 5.69 Å². The third-order valence-electron chi connectivity index (χ3n) is 4.08. The second-order valence-corrected chi connectivity index (χ2v) is 5.35. The molecule has 4 nitrogen and oxygen atoms in total. The Balaban J connectivity index is 1.85. The predicted molar refractivity (Wildman–Crippen MR) is 81.2 cm³/mol. The highest BCUT2D eigenvalue weighted by atomic mass is 16.4. The third-order valence-corrected chi connectivity index (χ3v) is 4.08. The summed E-state index contributed by atoms with van der Waals surface area (Å²) in [7, 11) is 0. The molecule has 0 bridgehead atoms. The Kier molecular flexibility index (Phi) is 3.86. The van der Waals surface area contributed by atoms with Crippen LogP contribution in [-0.2, 0) is 0 Å². The van der Waals surface area contributed by atoms with Gasteiger partial charge in [0, 0.05) is 30.8 Å². The first kappa shape index (κ1) is 13.6. The molecule has 1 aliphatic rings. The van der Waals surface area contributed by atoms with Gasteiger partial charge in [-0.2, -0.15) is 0 Å². The average Bonchev–Trinajstić information content (AvgIpc) is 2.56. The largest absolute Gasteiger partial charge is 0.465 e. The van der Waals surface area contributed by atoms with Crippen molar-refractivity contribution in [1.82, 2.24) is 9.88 Å².